The van der Waals surface area contributed by atoms with Crippen LogP contribution in [-0.4, -0.2) is 52.9 Å². The molecule has 2 aromatic rings. The highest BCUT2D eigenvalue weighted by molar-refractivity contribution is 14.1. The Morgan fingerprint density at radius 1 is 0.419 bits per heavy atom. The number of rotatable bonds is 14. The standard InChI is InChI=1S/C20H20I6O5/c21-13-9-15(23)19(16(24)10-13)30-7-5-28-3-1-27-2-4-29-6-8-31-20-17(25)11-14(22)12-18(20)26/h9-12H,1-8H2. The quantitative estimate of drug-likeness (QED) is 0.154. The van der Waals surface area contributed by atoms with Crippen molar-refractivity contribution in [3.8, 4) is 11.5 Å². The Bertz CT molecular complexity index is 722. The molecule has 2 aromatic carbocycles. The van der Waals surface area contributed by atoms with E-state index in [0.29, 0.717) is 52.9 Å². The Labute approximate surface area is 265 Å². The van der Waals surface area contributed by atoms with Crippen LogP contribution in [0.2, 0.25) is 0 Å². The molecular weight excluding hydrogens is 1080 g/mol. The first kappa shape index (κ1) is 29.5. The summed E-state index contributed by atoms with van der Waals surface area (Å²) in [5.74, 6) is 1.85. The fourth-order valence-electron chi connectivity index (χ4n) is 2.28. The van der Waals surface area contributed by atoms with Gasteiger partial charge in [-0.15, -0.1) is 0 Å². The molecule has 0 aliphatic carbocycles. The Morgan fingerprint density at radius 3 is 0.968 bits per heavy atom. The average Bonchev–Trinajstić information content (AvgIpc) is 2.68. The van der Waals surface area contributed by atoms with Crippen molar-refractivity contribution in [2.24, 2.45) is 0 Å². The summed E-state index contributed by atoms with van der Waals surface area (Å²) < 4.78 is 35.2. The molecule has 0 aliphatic heterocycles. The van der Waals surface area contributed by atoms with Crippen LogP contribution in [-0.2, 0) is 14.2 Å². The number of hydrogen-bond donors (Lipinski definition) is 0. The molecule has 0 spiro atoms. The molecular formula is C20H20I6O5. The molecule has 31 heavy (non-hydrogen) atoms. The molecule has 0 unspecified atom stereocenters. The molecule has 0 aromatic heterocycles. The highest BCUT2D eigenvalue weighted by atomic mass is 127. The van der Waals surface area contributed by atoms with Gasteiger partial charge in [0.25, 0.3) is 0 Å². The van der Waals surface area contributed by atoms with Gasteiger partial charge >= 0.3 is 0 Å². The zero-order valence-corrected chi connectivity index (χ0v) is 29.2. The minimum Gasteiger partial charge on any atom is -0.489 e. The van der Waals surface area contributed by atoms with E-state index < -0.39 is 0 Å². The molecule has 172 valence electrons. The first-order valence-corrected chi connectivity index (χ1v) is 15.6. The summed E-state index contributed by atoms with van der Waals surface area (Å²) in [5.41, 5.74) is 0. The van der Waals surface area contributed by atoms with E-state index in [-0.39, 0.29) is 0 Å². The van der Waals surface area contributed by atoms with E-state index >= 15 is 0 Å². The minimum atomic E-state index is 0.522. The van der Waals surface area contributed by atoms with Crippen molar-refractivity contribution in [2.75, 3.05) is 52.9 Å². The third-order valence-corrected chi connectivity index (χ3v) is 8.07. The third kappa shape index (κ3) is 11.7. The second-order valence-electron chi connectivity index (χ2n) is 5.93. The maximum Gasteiger partial charge on any atom is 0.146 e. The van der Waals surface area contributed by atoms with Crippen LogP contribution >= 0.6 is 136 Å². The predicted octanol–water partition coefficient (Wildman–Crippen LogP) is 6.82. The zero-order chi connectivity index (χ0) is 22.6. The number of halogens is 6. The van der Waals surface area contributed by atoms with Gasteiger partial charge in [-0.3, -0.25) is 0 Å². The third-order valence-electron chi connectivity index (χ3n) is 3.62. The Hall–Kier alpha value is 2.30. The molecule has 0 fully saturated rings. The normalized spacial score (nSPS) is 11.0. The van der Waals surface area contributed by atoms with Crippen LogP contribution in [0.3, 0.4) is 0 Å². The van der Waals surface area contributed by atoms with Crippen LogP contribution < -0.4 is 9.47 Å². The van der Waals surface area contributed by atoms with Gasteiger partial charge in [0.15, 0.2) is 0 Å². The van der Waals surface area contributed by atoms with E-state index in [1.54, 1.807) is 0 Å². The summed E-state index contributed by atoms with van der Waals surface area (Å²) in [6, 6.07) is 8.41. The van der Waals surface area contributed by atoms with Crippen LogP contribution in [0.1, 0.15) is 0 Å². The van der Waals surface area contributed by atoms with Crippen LogP contribution in [0.4, 0.5) is 0 Å². The van der Waals surface area contributed by atoms with Gasteiger partial charge in [-0.2, -0.15) is 0 Å². The van der Waals surface area contributed by atoms with Crippen molar-refractivity contribution in [3.63, 3.8) is 0 Å². The van der Waals surface area contributed by atoms with Crippen molar-refractivity contribution in [1.82, 2.24) is 0 Å². The van der Waals surface area contributed by atoms with Crippen LogP contribution in [0.15, 0.2) is 24.3 Å². The summed E-state index contributed by atoms with van der Waals surface area (Å²) in [5, 5.41) is 0. The fourth-order valence-corrected chi connectivity index (χ4v) is 10.1. The van der Waals surface area contributed by atoms with Gasteiger partial charge in [0.1, 0.15) is 24.7 Å². The van der Waals surface area contributed by atoms with Gasteiger partial charge in [-0.05, 0) is 160 Å². The van der Waals surface area contributed by atoms with E-state index in [2.05, 4.69) is 160 Å². The van der Waals surface area contributed by atoms with E-state index in [9.17, 15) is 0 Å². The van der Waals surface area contributed by atoms with Crippen LogP contribution in [0.5, 0.6) is 11.5 Å². The summed E-state index contributed by atoms with van der Waals surface area (Å²) >= 11 is 13.8. The molecule has 0 aliphatic rings. The van der Waals surface area contributed by atoms with Crippen molar-refractivity contribution >= 4 is 136 Å². The highest BCUT2D eigenvalue weighted by Gasteiger charge is 2.09. The molecule has 0 saturated heterocycles. The minimum absolute atomic E-state index is 0.522. The summed E-state index contributed by atoms with van der Waals surface area (Å²) in [6.07, 6.45) is 0. The Morgan fingerprint density at radius 2 is 0.677 bits per heavy atom. The monoisotopic (exact) mass is 1100 g/mol. The number of hydrogen-bond acceptors (Lipinski definition) is 5. The van der Waals surface area contributed by atoms with Crippen LogP contribution in [0, 0.1) is 21.4 Å². The Balaban J connectivity index is 1.43. The molecule has 11 heteroatoms. The largest absolute Gasteiger partial charge is 0.489 e. The van der Waals surface area contributed by atoms with Gasteiger partial charge < -0.3 is 23.7 Å². The summed E-state index contributed by atoms with van der Waals surface area (Å²) in [4.78, 5) is 0. The average molecular weight is 1100 g/mol. The first-order valence-electron chi connectivity index (χ1n) is 9.16. The topological polar surface area (TPSA) is 46.2 Å². The summed E-state index contributed by atoms with van der Waals surface area (Å²) in [7, 11) is 0. The van der Waals surface area contributed by atoms with Crippen molar-refractivity contribution in [2.45, 2.75) is 0 Å². The maximum absolute atomic E-state index is 5.84. The first-order chi connectivity index (χ1) is 14.9. The van der Waals surface area contributed by atoms with Gasteiger partial charge in [0, 0.05) is 7.14 Å². The molecule has 0 radical (unpaired) electrons. The molecule has 0 N–H and O–H groups in total. The van der Waals surface area contributed by atoms with Gasteiger partial charge in [0.05, 0.1) is 53.9 Å². The van der Waals surface area contributed by atoms with Gasteiger partial charge in [-0.1, -0.05) is 0 Å². The molecule has 0 saturated carbocycles. The second kappa shape index (κ2) is 16.9. The zero-order valence-electron chi connectivity index (χ0n) is 16.3. The Kier molecular flexibility index (Phi) is 16.1. The molecule has 2 rings (SSSR count). The van der Waals surface area contributed by atoms with E-state index in [1.807, 2.05) is 0 Å². The lowest BCUT2D eigenvalue weighted by Gasteiger charge is -2.12. The van der Waals surface area contributed by atoms with E-state index in [1.165, 1.54) is 7.14 Å². The lowest BCUT2D eigenvalue weighted by atomic mass is 10.3. The lowest BCUT2D eigenvalue weighted by Crippen LogP contribution is -2.14. The fraction of sp³-hybridized carbons (Fsp3) is 0.400. The number of ether oxygens (including phenoxy) is 5. The SMILES string of the molecule is Ic1cc(I)c(OCCOCCOCCOCCOc2c(I)cc(I)cc2I)c(I)c1. The van der Waals surface area contributed by atoms with Crippen molar-refractivity contribution in [1.29, 1.82) is 0 Å². The lowest BCUT2D eigenvalue weighted by molar-refractivity contribution is 0.00484. The highest BCUT2D eigenvalue weighted by Crippen LogP contribution is 2.30. The number of benzene rings is 2. The molecule has 0 amide bonds. The summed E-state index contributed by atoms with van der Waals surface area (Å²) in [6.45, 7) is 4.27. The molecule has 0 atom stereocenters. The van der Waals surface area contributed by atoms with E-state index in [4.69, 9.17) is 23.7 Å². The molecule has 5 nitrogen and oxygen atoms in total. The van der Waals surface area contributed by atoms with Crippen molar-refractivity contribution < 1.29 is 23.7 Å². The smallest absolute Gasteiger partial charge is 0.146 e. The predicted molar refractivity (Wildman–Crippen MR) is 173 cm³/mol. The van der Waals surface area contributed by atoms with Gasteiger partial charge in [0.2, 0.25) is 0 Å². The van der Waals surface area contributed by atoms with Crippen molar-refractivity contribution in [3.05, 3.63) is 45.7 Å². The second-order valence-corrected chi connectivity index (χ2v) is 13.1. The van der Waals surface area contributed by atoms with Gasteiger partial charge in [-0.25, -0.2) is 0 Å². The maximum atomic E-state index is 5.84. The van der Waals surface area contributed by atoms with Crippen LogP contribution in [0.25, 0.3) is 0 Å². The van der Waals surface area contributed by atoms with E-state index in [0.717, 1.165) is 25.8 Å². The molecule has 0 heterocycles. The molecule has 0 bridgehead atoms.